The molecule has 1 fully saturated rings. The van der Waals surface area contributed by atoms with Gasteiger partial charge in [-0.15, -0.1) is 0 Å². The zero-order valence-electron chi connectivity index (χ0n) is 7.80. The minimum atomic E-state index is -1.12. The van der Waals surface area contributed by atoms with Crippen molar-refractivity contribution in [3.63, 3.8) is 0 Å². The van der Waals surface area contributed by atoms with Crippen molar-refractivity contribution in [1.29, 1.82) is 0 Å². The van der Waals surface area contributed by atoms with Gasteiger partial charge in [0.1, 0.15) is 0 Å². The zero-order valence-corrected chi connectivity index (χ0v) is 7.80. The van der Waals surface area contributed by atoms with Crippen LogP contribution in [0, 0.1) is 11.6 Å². The van der Waals surface area contributed by atoms with E-state index in [4.69, 9.17) is 4.74 Å². The first-order chi connectivity index (χ1) is 7.18. The van der Waals surface area contributed by atoms with Crippen LogP contribution in [0.5, 0.6) is 0 Å². The summed E-state index contributed by atoms with van der Waals surface area (Å²) in [5.74, 6) is -2.75. The Balaban J connectivity index is 2.13. The van der Waals surface area contributed by atoms with Crippen molar-refractivity contribution in [2.75, 3.05) is 13.2 Å². The minimum Gasteiger partial charge on any atom is -0.377 e. The van der Waals surface area contributed by atoms with Gasteiger partial charge in [-0.25, -0.2) is 8.78 Å². The lowest BCUT2D eigenvalue weighted by Gasteiger charge is -2.26. The molecule has 1 amide bonds. The fraction of sp³-hybridized carbons (Fsp3) is 0.300. The number of carbonyl (C=O) groups excluding carboxylic acids is 1. The quantitative estimate of drug-likeness (QED) is 0.798. The lowest BCUT2D eigenvalue weighted by molar-refractivity contribution is -0.00354. The average Bonchev–Trinajstić information content (AvgIpc) is 2.15. The summed E-state index contributed by atoms with van der Waals surface area (Å²) in [4.78, 5) is 11.4. The van der Waals surface area contributed by atoms with E-state index < -0.39 is 17.5 Å². The molecule has 1 saturated heterocycles. The SMILES string of the molecule is O=C(NC1COC1)c1cccc(F)c1F. The maximum atomic E-state index is 13.2. The molecule has 3 nitrogen and oxygen atoms in total. The van der Waals surface area contributed by atoms with Crippen molar-refractivity contribution < 1.29 is 18.3 Å². The molecular weight excluding hydrogens is 204 g/mol. The topological polar surface area (TPSA) is 38.3 Å². The molecule has 2 rings (SSSR count). The van der Waals surface area contributed by atoms with Gasteiger partial charge in [0, 0.05) is 0 Å². The fourth-order valence-corrected chi connectivity index (χ4v) is 1.26. The molecule has 1 N–H and O–H groups in total. The third-order valence-corrected chi connectivity index (χ3v) is 2.17. The Hall–Kier alpha value is -1.49. The van der Waals surface area contributed by atoms with Crippen molar-refractivity contribution in [2.24, 2.45) is 0 Å². The van der Waals surface area contributed by atoms with Gasteiger partial charge in [0.25, 0.3) is 5.91 Å². The largest absolute Gasteiger partial charge is 0.377 e. The predicted molar refractivity (Wildman–Crippen MR) is 48.4 cm³/mol. The van der Waals surface area contributed by atoms with Crippen LogP contribution in [0.1, 0.15) is 10.4 Å². The van der Waals surface area contributed by atoms with Gasteiger partial charge in [0.2, 0.25) is 0 Å². The first kappa shape index (κ1) is 10.0. The Labute approximate surface area is 85.0 Å². The molecule has 1 aliphatic rings. The highest BCUT2D eigenvalue weighted by atomic mass is 19.2. The summed E-state index contributed by atoms with van der Waals surface area (Å²) >= 11 is 0. The van der Waals surface area contributed by atoms with Crippen molar-refractivity contribution in [2.45, 2.75) is 6.04 Å². The molecular formula is C10H9F2NO2. The molecule has 0 radical (unpaired) electrons. The average molecular weight is 213 g/mol. The van der Waals surface area contributed by atoms with Gasteiger partial charge in [0.15, 0.2) is 11.6 Å². The van der Waals surface area contributed by atoms with Gasteiger partial charge < -0.3 is 10.1 Å². The molecule has 0 aromatic heterocycles. The first-order valence-electron chi connectivity index (χ1n) is 4.51. The van der Waals surface area contributed by atoms with Crippen LogP contribution >= 0.6 is 0 Å². The van der Waals surface area contributed by atoms with E-state index in [1.54, 1.807) is 0 Å². The van der Waals surface area contributed by atoms with E-state index in [1.807, 2.05) is 0 Å². The van der Waals surface area contributed by atoms with Gasteiger partial charge in [0.05, 0.1) is 24.8 Å². The van der Waals surface area contributed by atoms with Crippen LogP contribution in [0.4, 0.5) is 8.78 Å². The molecule has 1 aromatic carbocycles. The number of nitrogens with one attached hydrogen (secondary N) is 1. The lowest BCUT2D eigenvalue weighted by atomic mass is 10.1. The summed E-state index contributed by atoms with van der Waals surface area (Å²) in [5.41, 5.74) is -0.276. The van der Waals surface area contributed by atoms with Gasteiger partial charge in [-0.1, -0.05) is 6.07 Å². The monoisotopic (exact) mass is 213 g/mol. The second kappa shape index (κ2) is 3.94. The number of hydrogen-bond donors (Lipinski definition) is 1. The van der Waals surface area contributed by atoms with Crippen LogP contribution in [0.15, 0.2) is 18.2 Å². The second-order valence-electron chi connectivity index (χ2n) is 3.31. The highest BCUT2D eigenvalue weighted by molar-refractivity contribution is 5.94. The standard InChI is InChI=1S/C10H9F2NO2/c11-8-3-1-2-7(9(8)12)10(14)13-6-4-15-5-6/h1-3,6H,4-5H2,(H,13,14). The van der Waals surface area contributed by atoms with Crippen LogP contribution < -0.4 is 5.32 Å². The molecule has 1 heterocycles. The van der Waals surface area contributed by atoms with E-state index in [0.29, 0.717) is 13.2 Å². The molecule has 1 aliphatic heterocycles. The highest BCUT2D eigenvalue weighted by Gasteiger charge is 2.23. The summed E-state index contributed by atoms with van der Waals surface area (Å²) in [6.45, 7) is 0.839. The Kier molecular flexibility index (Phi) is 2.64. The molecule has 0 bridgehead atoms. The van der Waals surface area contributed by atoms with Gasteiger partial charge in [-0.3, -0.25) is 4.79 Å². The Bertz CT molecular complexity index is 391. The Morgan fingerprint density at radius 2 is 2.13 bits per heavy atom. The summed E-state index contributed by atoms with van der Waals surface area (Å²) in [6, 6.07) is 3.41. The molecule has 1 aromatic rings. The molecule has 0 spiro atoms. The smallest absolute Gasteiger partial charge is 0.254 e. The number of halogens is 2. The Morgan fingerprint density at radius 1 is 1.40 bits per heavy atom. The maximum Gasteiger partial charge on any atom is 0.254 e. The van der Waals surface area contributed by atoms with Gasteiger partial charge >= 0.3 is 0 Å². The van der Waals surface area contributed by atoms with Crippen molar-refractivity contribution >= 4 is 5.91 Å². The number of ether oxygens (including phenoxy) is 1. The van der Waals surface area contributed by atoms with E-state index in [9.17, 15) is 13.6 Å². The van der Waals surface area contributed by atoms with Gasteiger partial charge in [-0.05, 0) is 12.1 Å². The maximum absolute atomic E-state index is 13.2. The van der Waals surface area contributed by atoms with Crippen LogP contribution in [0.3, 0.4) is 0 Å². The van der Waals surface area contributed by atoms with Crippen molar-refractivity contribution in [3.8, 4) is 0 Å². The number of amides is 1. The molecule has 0 aliphatic carbocycles. The molecule has 5 heteroatoms. The third kappa shape index (κ3) is 1.97. The third-order valence-electron chi connectivity index (χ3n) is 2.17. The Morgan fingerprint density at radius 3 is 2.73 bits per heavy atom. The molecule has 0 atom stereocenters. The summed E-state index contributed by atoms with van der Waals surface area (Å²) in [5, 5.41) is 2.53. The van der Waals surface area contributed by atoms with Crippen molar-refractivity contribution in [1.82, 2.24) is 5.32 Å². The number of hydrogen-bond acceptors (Lipinski definition) is 2. The number of rotatable bonds is 2. The number of benzene rings is 1. The molecule has 80 valence electrons. The number of carbonyl (C=O) groups is 1. The minimum absolute atomic E-state index is 0.0971. The van der Waals surface area contributed by atoms with Crippen LogP contribution in [-0.2, 0) is 4.74 Å². The van der Waals surface area contributed by atoms with E-state index in [2.05, 4.69) is 5.32 Å². The van der Waals surface area contributed by atoms with E-state index in [1.165, 1.54) is 12.1 Å². The molecule has 0 saturated carbocycles. The lowest BCUT2D eigenvalue weighted by Crippen LogP contribution is -2.48. The van der Waals surface area contributed by atoms with E-state index in [-0.39, 0.29) is 11.6 Å². The molecule has 0 unspecified atom stereocenters. The normalized spacial score (nSPS) is 15.9. The fourth-order valence-electron chi connectivity index (χ4n) is 1.26. The van der Waals surface area contributed by atoms with E-state index in [0.717, 1.165) is 6.07 Å². The summed E-state index contributed by atoms with van der Waals surface area (Å²) in [6.07, 6.45) is 0. The summed E-state index contributed by atoms with van der Waals surface area (Å²) < 4.78 is 30.8. The first-order valence-corrected chi connectivity index (χ1v) is 4.51. The second-order valence-corrected chi connectivity index (χ2v) is 3.31. The van der Waals surface area contributed by atoms with Crippen molar-refractivity contribution in [3.05, 3.63) is 35.4 Å². The highest BCUT2D eigenvalue weighted by Crippen LogP contribution is 2.12. The predicted octanol–water partition coefficient (Wildman–Crippen LogP) is 1.09. The molecule has 15 heavy (non-hydrogen) atoms. The van der Waals surface area contributed by atoms with Gasteiger partial charge in [-0.2, -0.15) is 0 Å². The zero-order chi connectivity index (χ0) is 10.8. The van der Waals surface area contributed by atoms with Crippen LogP contribution in [0.25, 0.3) is 0 Å². The van der Waals surface area contributed by atoms with E-state index >= 15 is 0 Å². The van der Waals surface area contributed by atoms with Crippen LogP contribution in [0.2, 0.25) is 0 Å². The van der Waals surface area contributed by atoms with Crippen LogP contribution in [-0.4, -0.2) is 25.2 Å². The summed E-state index contributed by atoms with van der Waals surface area (Å²) in [7, 11) is 0.